The SMILES string of the molecule is CC1CCCN(c2ncc(N)s2)CC1. The van der Waals surface area contributed by atoms with Crippen molar-refractivity contribution in [3.63, 3.8) is 0 Å². The van der Waals surface area contributed by atoms with E-state index in [2.05, 4.69) is 16.8 Å². The van der Waals surface area contributed by atoms with Crippen molar-refractivity contribution in [3.8, 4) is 0 Å². The molecule has 0 saturated carbocycles. The summed E-state index contributed by atoms with van der Waals surface area (Å²) in [7, 11) is 0. The summed E-state index contributed by atoms with van der Waals surface area (Å²) in [6.07, 6.45) is 5.66. The third-order valence-corrected chi connectivity index (χ3v) is 3.69. The van der Waals surface area contributed by atoms with Gasteiger partial charge < -0.3 is 10.6 Å². The molecule has 1 atom stereocenters. The number of hydrogen-bond donors (Lipinski definition) is 1. The first-order chi connectivity index (χ1) is 6.75. The molecule has 2 heterocycles. The molecular weight excluding hydrogens is 194 g/mol. The van der Waals surface area contributed by atoms with Gasteiger partial charge in [-0.25, -0.2) is 4.98 Å². The topological polar surface area (TPSA) is 42.2 Å². The molecule has 2 N–H and O–H groups in total. The number of thiazole rings is 1. The van der Waals surface area contributed by atoms with E-state index in [0.717, 1.165) is 29.1 Å². The summed E-state index contributed by atoms with van der Waals surface area (Å²) in [4.78, 5) is 6.69. The van der Waals surface area contributed by atoms with Crippen molar-refractivity contribution < 1.29 is 0 Å². The normalized spacial score (nSPS) is 23.5. The molecule has 1 aliphatic heterocycles. The van der Waals surface area contributed by atoms with Gasteiger partial charge in [0.15, 0.2) is 5.13 Å². The molecule has 0 radical (unpaired) electrons. The second kappa shape index (κ2) is 4.17. The van der Waals surface area contributed by atoms with E-state index in [4.69, 9.17) is 5.73 Å². The van der Waals surface area contributed by atoms with Gasteiger partial charge in [-0.15, -0.1) is 0 Å². The fourth-order valence-corrected chi connectivity index (χ4v) is 2.61. The minimum Gasteiger partial charge on any atom is -0.389 e. The van der Waals surface area contributed by atoms with Gasteiger partial charge in [0.05, 0.1) is 6.20 Å². The Hall–Kier alpha value is -0.770. The average Bonchev–Trinajstić information content (AvgIpc) is 2.46. The summed E-state index contributed by atoms with van der Waals surface area (Å²) in [6.45, 7) is 4.60. The number of rotatable bonds is 1. The number of nitrogens with two attached hydrogens (primary N) is 1. The van der Waals surface area contributed by atoms with Crippen molar-refractivity contribution in [2.75, 3.05) is 23.7 Å². The summed E-state index contributed by atoms with van der Waals surface area (Å²) in [5, 5.41) is 1.91. The summed E-state index contributed by atoms with van der Waals surface area (Å²) >= 11 is 1.60. The highest BCUT2D eigenvalue weighted by Gasteiger charge is 2.15. The number of anilines is 2. The van der Waals surface area contributed by atoms with E-state index in [9.17, 15) is 0 Å². The lowest BCUT2D eigenvalue weighted by Gasteiger charge is -2.18. The summed E-state index contributed by atoms with van der Waals surface area (Å²) in [6, 6.07) is 0. The highest BCUT2D eigenvalue weighted by atomic mass is 32.1. The van der Waals surface area contributed by atoms with Crippen LogP contribution in [0.2, 0.25) is 0 Å². The first kappa shape index (κ1) is 9.77. The molecule has 0 bridgehead atoms. The zero-order valence-electron chi connectivity index (χ0n) is 8.57. The monoisotopic (exact) mass is 211 g/mol. The van der Waals surface area contributed by atoms with Crippen LogP contribution >= 0.6 is 11.3 Å². The predicted molar refractivity (Wildman–Crippen MR) is 61.8 cm³/mol. The van der Waals surface area contributed by atoms with Crippen LogP contribution in [-0.2, 0) is 0 Å². The molecule has 1 saturated heterocycles. The molecule has 3 nitrogen and oxygen atoms in total. The Balaban J connectivity index is 2.04. The Kier molecular flexibility index (Phi) is 2.91. The van der Waals surface area contributed by atoms with Crippen molar-refractivity contribution in [2.45, 2.75) is 26.2 Å². The Bertz CT molecular complexity index is 297. The average molecular weight is 211 g/mol. The molecule has 1 aromatic heterocycles. The highest BCUT2D eigenvalue weighted by molar-refractivity contribution is 7.19. The van der Waals surface area contributed by atoms with Gasteiger partial charge in [0, 0.05) is 13.1 Å². The maximum Gasteiger partial charge on any atom is 0.187 e. The zero-order valence-corrected chi connectivity index (χ0v) is 9.39. The van der Waals surface area contributed by atoms with Gasteiger partial charge >= 0.3 is 0 Å². The lowest BCUT2D eigenvalue weighted by Crippen LogP contribution is -2.23. The Morgan fingerprint density at radius 1 is 1.50 bits per heavy atom. The lowest BCUT2D eigenvalue weighted by molar-refractivity contribution is 0.521. The summed E-state index contributed by atoms with van der Waals surface area (Å²) in [5.41, 5.74) is 5.68. The fourth-order valence-electron chi connectivity index (χ4n) is 1.88. The number of nitrogens with zero attached hydrogens (tertiary/aromatic N) is 2. The second-order valence-corrected chi connectivity index (χ2v) is 5.11. The Morgan fingerprint density at radius 2 is 2.36 bits per heavy atom. The third-order valence-electron chi connectivity index (χ3n) is 2.80. The van der Waals surface area contributed by atoms with E-state index < -0.39 is 0 Å². The quantitative estimate of drug-likeness (QED) is 0.775. The first-order valence-corrected chi connectivity index (χ1v) is 6.03. The van der Waals surface area contributed by atoms with E-state index in [1.807, 2.05) is 0 Å². The molecular formula is C10H17N3S. The predicted octanol–water partition coefficient (Wildman–Crippen LogP) is 2.35. The van der Waals surface area contributed by atoms with Gasteiger partial charge in [-0.3, -0.25) is 0 Å². The summed E-state index contributed by atoms with van der Waals surface area (Å²) < 4.78 is 0. The van der Waals surface area contributed by atoms with Crippen molar-refractivity contribution in [1.29, 1.82) is 0 Å². The van der Waals surface area contributed by atoms with Gasteiger partial charge in [0.25, 0.3) is 0 Å². The molecule has 2 rings (SSSR count). The van der Waals surface area contributed by atoms with Crippen molar-refractivity contribution >= 4 is 21.5 Å². The third kappa shape index (κ3) is 2.18. The van der Waals surface area contributed by atoms with E-state index >= 15 is 0 Å². The lowest BCUT2D eigenvalue weighted by atomic mass is 10.0. The highest BCUT2D eigenvalue weighted by Crippen LogP contribution is 2.27. The molecule has 0 aliphatic carbocycles. The van der Waals surface area contributed by atoms with Crippen molar-refractivity contribution in [3.05, 3.63) is 6.20 Å². The van der Waals surface area contributed by atoms with Gasteiger partial charge in [-0.1, -0.05) is 18.3 Å². The van der Waals surface area contributed by atoms with Crippen LogP contribution in [0.25, 0.3) is 0 Å². The molecule has 1 unspecified atom stereocenters. The van der Waals surface area contributed by atoms with Gasteiger partial charge in [0.2, 0.25) is 0 Å². The van der Waals surface area contributed by atoms with Crippen LogP contribution in [0.1, 0.15) is 26.2 Å². The van der Waals surface area contributed by atoms with Gasteiger partial charge in [-0.2, -0.15) is 0 Å². The fraction of sp³-hybridized carbons (Fsp3) is 0.700. The van der Waals surface area contributed by atoms with Crippen LogP contribution in [-0.4, -0.2) is 18.1 Å². The minimum atomic E-state index is 0.817. The number of hydrogen-bond acceptors (Lipinski definition) is 4. The van der Waals surface area contributed by atoms with Crippen LogP contribution in [0.4, 0.5) is 10.1 Å². The van der Waals surface area contributed by atoms with E-state index in [-0.39, 0.29) is 0 Å². The smallest absolute Gasteiger partial charge is 0.187 e. The molecule has 0 amide bonds. The second-order valence-electron chi connectivity index (χ2n) is 4.07. The maximum absolute atomic E-state index is 5.68. The largest absolute Gasteiger partial charge is 0.389 e. The van der Waals surface area contributed by atoms with Gasteiger partial charge in [0.1, 0.15) is 5.00 Å². The molecule has 4 heteroatoms. The van der Waals surface area contributed by atoms with Crippen molar-refractivity contribution in [2.24, 2.45) is 5.92 Å². The molecule has 14 heavy (non-hydrogen) atoms. The van der Waals surface area contributed by atoms with E-state index in [1.54, 1.807) is 17.5 Å². The Morgan fingerprint density at radius 3 is 3.07 bits per heavy atom. The van der Waals surface area contributed by atoms with Crippen molar-refractivity contribution in [1.82, 2.24) is 4.98 Å². The Labute approximate surface area is 88.9 Å². The molecule has 1 aliphatic rings. The van der Waals surface area contributed by atoms with Crippen LogP contribution < -0.4 is 10.6 Å². The minimum absolute atomic E-state index is 0.817. The van der Waals surface area contributed by atoms with Crippen LogP contribution in [0.5, 0.6) is 0 Å². The van der Waals surface area contributed by atoms with E-state index in [0.29, 0.717) is 0 Å². The van der Waals surface area contributed by atoms with Crippen LogP contribution in [0.3, 0.4) is 0 Å². The van der Waals surface area contributed by atoms with Crippen LogP contribution in [0, 0.1) is 5.92 Å². The molecule has 0 spiro atoms. The summed E-state index contributed by atoms with van der Waals surface area (Å²) in [5.74, 6) is 0.859. The van der Waals surface area contributed by atoms with Gasteiger partial charge in [-0.05, 0) is 25.2 Å². The first-order valence-electron chi connectivity index (χ1n) is 5.22. The molecule has 1 fully saturated rings. The zero-order chi connectivity index (χ0) is 9.97. The van der Waals surface area contributed by atoms with Crippen LogP contribution in [0.15, 0.2) is 6.20 Å². The number of nitrogen functional groups attached to an aromatic ring is 1. The molecule has 1 aromatic rings. The standard InChI is InChI=1S/C10H17N3S/c1-8-3-2-5-13(6-4-8)10-12-7-9(11)14-10/h7-8H,2-6,11H2,1H3. The maximum atomic E-state index is 5.68. The van der Waals surface area contributed by atoms with E-state index in [1.165, 1.54) is 19.3 Å². The molecule has 0 aromatic carbocycles. The molecule has 78 valence electrons. The number of aromatic nitrogens is 1.